The Morgan fingerprint density at radius 1 is 1.42 bits per heavy atom. The van der Waals surface area contributed by atoms with Crippen molar-refractivity contribution in [2.45, 2.75) is 31.5 Å². The standard InChI is InChI=1S/C17H17FN4O3S/c1-17(2,3)25-16(24)20-12-6-5-9(7-11(12)18)13-10(8-19)14(23)22-15(21-13)26-4/h5-7H,1-4H3,(H,20,24)(H,21,22,23). The molecular weight excluding hydrogens is 359 g/mol. The number of nitrogens with one attached hydrogen (secondary N) is 2. The number of aromatic amines is 1. The quantitative estimate of drug-likeness (QED) is 0.627. The number of halogens is 1. The Morgan fingerprint density at radius 2 is 2.12 bits per heavy atom. The normalized spacial score (nSPS) is 10.9. The Kier molecular flexibility index (Phi) is 5.67. The van der Waals surface area contributed by atoms with Gasteiger partial charge in [0.1, 0.15) is 23.1 Å². The van der Waals surface area contributed by atoms with Crippen LogP contribution in [-0.2, 0) is 4.74 Å². The summed E-state index contributed by atoms with van der Waals surface area (Å²) in [5.41, 5.74) is -1.30. The number of carbonyl (C=O) groups is 1. The van der Waals surface area contributed by atoms with E-state index < -0.39 is 23.1 Å². The summed E-state index contributed by atoms with van der Waals surface area (Å²) in [7, 11) is 0. The Balaban J connectivity index is 2.39. The first-order valence-electron chi connectivity index (χ1n) is 7.53. The lowest BCUT2D eigenvalue weighted by Crippen LogP contribution is -2.27. The molecule has 0 bridgehead atoms. The molecule has 0 spiro atoms. The van der Waals surface area contributed by atoms with Crippen LogP contribution in [0.3, 0.4) is 0 Å². The van der Waals surface area contributed by atoms with Crippen LogP contribution in [0, 0.1) is 17.1 Å². The van der Waals surface area contributed by atoms with E-state index in [1.54, 1.807) is 33.1 Å². The summed E-state index contributed by atoms with van der Waals surface area (Å²) < 4.78 is 19.4. The van der Waals surface area contributed by atoms with Gasteiger partial charge in [0, 0.05) is 5.56 Å². The third-order valence-corrected chi connectivity index (χ3v) is 3.66. The summed E-state index contributed by atoms with van der Waals surface area (Å²) in [5.74, 6) is -0.745. The topological polar surface area (TPSA) is 108 Å². The zero-order valence-electron chi connectivity index (χ0n) is 14.6. The second-order valence-corrected chi connectivity index (χ2v) is 7.03. The van der Waals surface area contributed by atoms with E-state index in [1.165, 1.54) is 23.9 Å². The van der Waals surface area contributed by atoms with E-state index in [4.69, 9.17) is 4.74 Å². The van der Waals surface area contributed by atoms with Crippen LogP contribution in [0.4, 0.5) is 14.9 Å². The first-order valence-corrected chi connectivity index (χ1v) is 8.75. The molecule has 26 heavy (non-hydrogen) atoms. The molecule has 2 rings (SSSR count). The Bertz CT molecular complexity index is 944. The number of ether oxygens (including phenoxy) is 1. The molecule has 136 valence electrons. The number of hydrogen-bond acceptors (Lipinski definition) is 6. The number of aromatic nitrogens is 2. The summed E-state index contributed by atoms with van der Waals surface area (Å²) in [6, 6.07) is 5.65. The number of nitrogens with zero attached hydrogens (tertiary/aromatic N) is 2. The van der Waals surface area contributed by atoms with Gasteiger partial charge in [-0.1, -0.05) is 17.8 Å². The number of carbonyl (C=O) groups excluding carboxylic acids is 1. The van der Waals surface area contributed by atoms with Gasteiger partial charge in [0.15, 0.2) is 5.16 Å². The predicted molar refractivity (Wildman–Crippen MR) is 96.6 cm³/mol. The van der Waals surface area contributed by atoms with Crippen molar-refractivity contribution >= 4 is 23.5 Å². The molecule has 2 aromatic rings. The molecule has 0 aliphatic heterocycles. The van der Waals surface area contributed by atoms with Gasteiger partial charge in [-0.05, 0) is 39.2 Å². The van der Waals surface area contributed by atoms with Crippen LogP contribution in [0.2, 0.25) is 0 Å². The van der Waals surface area contributed by atoms with Crippen LogP contribution < -0.4 is 10.9 Å². The minimum atomic E-state index is -0.791. The Morgan fingerprint density at radius 3 is 2.65 bits per heavy atom. The van der Waals surface area contributed by atoms with E-state index >= 15 is 0 Å². The number of anilines is 1. The average molecular weight is 376 g/mol. The number of thioether (sulfide) groups is 1. The molecule has 0 fully saturated rings. The monoisotopic (exact) mass is 376 g/mol. The molecule has 1 aromatic carbocycles. The summed E-state index contributed by atoms with van der Waals surface area (Å²) >= 11 is 1.19. The van der Waals surface area contributed by atoms with Crippen molar-refractivity contribution in [1.29, 1.82) is 5.26 Å². The lowest BCUT2D eigenvalue weighted by atomic mass is 10.1. The fourth-order valence-electron chi connectivity index (χ4n) is 2.04. The second-order valence-electron chi connectivity index (χ2n) is 6.23. The van der Waals surface area contributed by atoms with Crippen molar-refractivity contribution in [3.63, 3.8) is 0 Å². The highest BCUT2D eigenvalue weighted by Gasteiger charge is 2.19. The maximum absolute atomic E-state index is 14.4. The molecular formula is C17H17FN4O3S. The number of rotatable bonds is 3. The Labute approximate surface area is 153 Å². The number of hydrogen-bond donors (Lipinski definition) is 2. The van der Waals surface area contributed by atoms with Gasteiger partial charge in [0.2, 0.25) is 0 Å². The molecule has 0 aliphatic carbocycles. The molecule has 9 heteroatoms. The maximum Gasteiger partial charge on any atom is 0.412 e. The number of amides is 1. The van der Waals surface area contributed by atoms with Gasteiger partial charge in [-0.25, -0.2) is 14.2 Å². The van der Waals surface area contributed by atoms with Crippen LogP contribution in [0.5, 0.6) is 0 Å². The third-order valence-electron chi connectivity index (χ3n) is 3.08. The zero-order chi connectivity index (χ0) is 19.5. The minimum absolute atomic E-state index is 0.0725. The number of nitriles is 1. The number of benzene rings is 1. The van der Waals surface area contributed by atoms with Crippen molar-refractivity contribution in [1.82, 2.24) is 9.97 Å². The zero-order valence-corrected chi connectivity index (χ0v) is 15.5. The molecule has 0 radical (unpaired) electrons. The average Bonchev–Trinajstić information content (AvgIpc) is 2.54. The fraction of sp³-hybridized carbons (Fsp3) is 0.294. The summed E-state index contributed by atoms with van der Waals surface area (Å²) in [4.78, 5) is 30.4. The molecule has 1 amide bonds. The predicted octanol–water partition coefficient (Wildman–Crippen LogP) is 3.52. The lowest BCUT2D eigenvalue weighted by Gasteiger charge is -2.19. The smallest absolute Gasteiger partial charge is 0.412 e. The molecule has 1 aromatic heterocycles. The highest BCUT2D eigenvalue weighted by Crippen LogP contribution is 2.25. The van der Waals surface area contributed by atoms with Crippen LogP contribution in [0.15, 0.2) is 28.2 Å². The van der Waals surface area contributed by atoms with E-state index in [9.17, 15) is 19.2 Å². The van der Waals surface area contributed by atoms with Crippen LogP contribution in [0.25, 0.3) is 11.3 Å². The molecule has 7 nitrogen and oxygen atoms in total. The first kappa shape index (κ1) is 19.5. The van der Waals surface area contributed by atoms with Crippen LogP contribution in [-0.4, -0.2) is 27.9 Å². The van der Waals surface area contributed by atoms with Crippen molar-refractivity contribution < 1.29 is 13.9 Å². The molecule has 0 unspecified atom stereocenters. The van der Waals surface area contributed by atoms with Gasteiger partial charge >= 0.3 is 6.09 Å². The maximum atomic E-state index is 14.4. The highest BCUT2D eigenvalue weighted by atomic mass is 32.2. The summed E-state index contributed by atoms with van der Waals surface area (Å²) in [6.45, 7) is 5.08. The van der Waals surface area contributed by atoms with E-state index in [-0.39, 0.29) is 22.5 Å². The molecule has 0 saturated heterocycles. The van der Waals surface area contributed by atoms with Gasteiger partial charge in [-0.15, -0.1) is 0 Å². The summed E-state index contributed by atoms with van der Waals surface area (Å²) in [5, 5.41) is 11.8. The second kappa shape index (κ2) is 7.58. The van der Waals surface area contributed by atoms with Crippen molar-refractivity contribution in [2.24, 2.45) is 0 Å². The first-order chi connectivity index (χ1) is 12.1. The van der Waals surface area contributed by atoms with Gasteiger partial charge in [0.25, 0.3) is 5.56 Å². The minimum Gasteiger partial charge on any atom is -0.444 e. The molecule has 2 N–H and O–H groups in total. The molecule has 0 atom stereocenters. The fourth-order valence-corrected chi connectivity index (χ4v) is 2.42. The van der Waals surface area contributed by atoms with E-state index in [2.05, 4.69) is 15.3 Å². The highest BCUT2D eigenvalue weighted by molar-refractivity contribution is 7.98. The lowest BCUT2D eigenvalue weighted by molar-refractivity contribution is 0.0635. The summed E-state index contributed by atoms with van der Waals surface area (Å²) in [6.07, 6.45) is 0.920. The molecule has 0 aliphatic rings. The van der Waals surface area contributed by atoms with Crippen molar-refractivity contribution in [3.8, 4) is 17.3 Å². The van der Waals surface area contributed by atoms with Crippen molar-refractivity contribution in [3.05, 3.63) is 39.9 Å². The largest absolute Gasteiger partial charge is 0.444 e. The van der Waals surface area contributed by atoms with Gasteiger partial charge < -0.3 is 9.72 Å². The van der Waals surface area contributed by atoms with Crippen LogP contribution >= 0.6 is 11.8 Å². The third kappa shape index (κ3) is 4.61. The molecule has 0 saturated carbocycles. The molecule has 1 heterocycles. The Hall–Kier alpha value is -2.86. The van der Waals surface area contributed by atoms with Gasteiger partial charge in [-0.2, -0.15) is 5.26 Å². The van der Waals surface area contributed by atoms with Crippen molar-refractivity contribution in [2.75, 3.05) is 11.6 Å². The van der Waals surface area contributed by atoms with Gasteiger partial charge in [-0.3, -0.25) is 10.1 Å². The van der Waals surface area contributed by atoms with E-state index in [0.29, 0.717) is 5.16 Å². The van der Waals surface area contributed by atoms with E-state index in [0.717, 1.165) is 6.07 Å². The van der Waals surface area contributed by atoms with Crippen LogP contribution in [0.1, 0.15) is 26.3 Å². The SMILES string of the molecule is CSc1nc(-c2ccc(NC(=O)OC(C)(C)C)c(F)c2)c(C#N)c(=O)[nH]1. The van der Waals surface area contributed by atoms with E-state index in [1.807, 2.05) is 0 Å². The van der Waals surface area contributed by atoms with Gasteiger partial charge in [0.05, 0.1) is 11.4 Å². The number of H-pyrrole nitrogens is 1.